The van der Waals surface area contributed by atoms with Crippen LogP contribution in [0.3, 0.4) is 0 Å². The molecule has 0 aromatic heterocycles. The van der Waals surface area contributed by atoms with Crippen molar-refractivity contribution in [3.63, 3.8) is 0 Å². The highest BCUT2D eigenvalue weighted by Crippen LogP contribution is 2.28. The molecule has 190 valence electrons. The molecule has 2 amide bonds. The third-order valence-electron chi connectivity index (χ3n) is 7.01. The number of carbonyl (C=O) groups is 2. The molecule has 3 N–H and O–H groups in total. The molecule has 1 saturated carbocycles. The number of nitrogens with one attached hydrogen (secondary N) is 1. The third-order valence-corrected chi connectivity index (χ3v) is 7.01. The highest BCUT2D eigenvalue weighted by atomic mass is 16.2. The zero-order chi connectivity index (χ0) is 25.6. The van der Waals surface area contributed by atoms with Gasteiger partial charge in [0.25, 0.3) is 5.91 Å². The Morgan fingerprint density at radius 1 is 0.971 bits per heavy atom. The summed E-state index contributed by atoms with van der Waals surface area (Å²) in [7, 11) is 0. The van der Waals surface area contributed by atoms with Gasteiger partial charge in [-0.1, -0.05) is 78.1 Å². The predicted molar refractivity (Wildman–Crippen MR) is 144 cm³/mol. The maximum absolute atomic E-state index is 13.5. The van der Waals surface area contributed by atoms with Gasteiger partial charge in [0.15, 0.2) is 0 Å². The molecule has 5 nitrogen and oxygen atoms in total. The number of hydrogen-bond donors (Lipinski definition) is 2. The minimum absolute atomic E-state index is 0.0444. The quantitative estimate of drug-likeness (QED) is 0.480. The minimum atomic E-state index is -0.157. The Labute approximate surface area is 211 Å². The van der Waals surface area contributed by atoms with Gasteiger partial charge >= 0.3 is 0 Å². The van der Waals surface area contributed by atoms with Gasteiger partial charge in [0.05, 0.1) is 0 Å². The Morgan fingerprint density at radius 2 is 1.63 bits per heavy atom. The van der Waals surface area contributed by atoms with Crippen molar-refractivity contribution in [2.24, 2.45) is 17.1 Å². The van der Waals surface area contributed by atoms with Gasteiger partial charge in [-0.25, -0.2) is 0 Å². The van der Waals surface area contributed by atoms with Gasteiger partial charge in [0.1, 0.15) is 0 Å². The lowest BCUT2D eigenvalue weighted by Gasteiger charge is -2.35. The van der Waals surface area contributed by atoms with Gasteiger partial charge in [0, 0.05) is 30.3 Å². The van der Waals surface area contributed by atoms with Crippen LogP contribution in [0.15, 0.2) is 48.5 Å². The van der Waals surface area contributed by atoms with Crippen molar-refractivity contribution in [2.75, 3.05) is 18.4 Å². The molecule has 35 heavy (non-hydrogen) atoms. The highest BCUT2D eigenvalue weighted by molar-refractivity contribution is 6.04. The van der Waals surface area contributed by atoms with Crippen molar-refractivity contribution in [1.82, 2.24) is 4.90 Å². The molecule has 1 fully saturated rings. The predicted octanol–water partition coefficient (Wildman–Crippen LogP) is 6.13. The second kappa shape index (κ2) is 11.4. The second-order valence-corrected chi connectivity index (χ2v) is 11.9. The Morgan fingerprint density at radius 3 is 2.23 bits per heavy atom. The highest BCUT2D eigenvalue weighted by Gasteiger charge is 2.30. The summed E-state index contributed by atoms with van der Waals surface area (Å²) < 4.78 is 0. The summed E-state index contributed by atoms with van der Waals surface area (Å²) >= 11 is 0. The number of hydrogen-bond acceptors (Lipinski definition) is 3. The fraction of sp³-hybridized carbons (Fsp3) is 0.533. The lowest BCUT2D eigenvalue weighted by Crippen LogP contribution is -2.44. The van der Waals surface area contributed by atoms with Crippen LogP contribution in [-0.4, -0.2) is 29.8 Å². The van der Waals surface area contributed by atoms with Crippen molar-refractivity contribution in [1.29, 1.82) is 0 Å². The Kier molecular flexibility index (Phi) is 8.76. The summed E-state index contributed by atoms with van der Waals surface area (Å²) in [5.41, 5.74) is 9.45. The molecular formula is C30H43N3O2. The fourth-order valence-corrected chi connectivity index (χ4v) is 4.69. The van der Waals surface area contributed by atoms with Gasteiger partial charge < -0.3 is 16.0 Å². The van der Waals surface area contributed by atoms with E-state index in [1.165, 1.54) is 12.0 Å². The zero-order valence-electron chi connectivity index (χ0n) is 22.2. The maximum Gasteiger partial charge on any atom is 0.255 e. The summed E-state index contributed by atoms with van der Waals surface area (Å²) in [6.07, 6.45) is 5.43. The number of nitrogens with two attached hydrogens (primary N) is 1. The summed E-state index contributed by atoms with van der Waals surface area (Å²) in [6, 6.07) is 15.6. The van der Waals surface area contributed by atoms with E-state index in [4.69, 9.17) is 5.73 Å². The van der Waals surface area contributed by atoms with E-state index in [1.54, 1.807) is 0 Å². The first-order valence-corrected chi connectivity index (χ1v) is 13.0. The van der Waals surface area contributed by atoms with E-state index in [9.17, 15) is 9.59 Å². The standard InChI is InChI=1S/C30H43N3O2/c1-29(2,3)25-16-14-23(15-17-25)27(34)32-26-13-9-10-22(18-26)19-33(21-30(4,5)20-31)28(35)24-11-7-6-8-12-24/h9-10,13-18,24H,6-8,11-12,19-21,31H2,1-5H3,(H,32,34). The minimum Gasteiger partial charge on any atom is -0.338 e. The SMILES string of the molecule is CC(C)(CN)CN(Cc1cccc(NC(=O)c2ccc(C(C)(C)C)cc2)c1)C(=O)C1CCCCC1. The first-order chi connectivity index (χ1) is 16.5. The fourth-order valence-electron chi connectivity index (χ4n) is 4.69. The monoisotopic (exact) mass is 477 g/mol. The Bertz CT molecular complexity index is 999. The molecule has 0 aliphatic heterocycles. The molecular weight excluding hydrogens is 434 g/mol. The van der Waals surface area contributed by atoms with E-state index < -0.39 is 0 Å². The molecule has 0 heterocycles. The summed E-state index contributed by atoms with van der Waals surface area (Å²) in [5, 5.41) is 3.02. The van der Waals surface area contributed by atoms with Crippen molar-refractivity contribution >= 4 is 17.5 Å². The van der Waals surface area contributed by atoms with Crippen molar-refractivity contribution in [3.05, 3.63) is 65.2 Å². The maximum atomic E-state index is 13.5. The number of rotatable bonds is 8. The van der Waals surface area contributed by atoms with E-state index in [0.717, 1.165) is 36.9 Å². The van der Waals surface area contributed by atoms with Gasteiger partial charge in [0.2, 0.25) is 5.91 Å². The average molecular weight is 478 g/mol. The molecule has 0 spiro atoms. The van der Waals surface area contributed by atoms with E-state index in [2.05, 4.69) is 39.9 Å². The van der Waals surface area contributed by atoms with Crippen LogP contribution in [0.4, 0.5) is 5.69 Å². The van der Waals surface area contributed by atoms with Gasteiger partial charge in [-0.2, -0.15) is 0 Å². The zero-order valence-corrected chi connectivity index (χ0v) is 22.2. The normalized spacial score (nSPS) is 15.0. The molecule has 0 radical (unpaired) electrons. The van der Waals surface area contributed by atoms with Crippen LogP contribution in [-0.2, 0) is 16.8 Å². The van der Waals surface area contributed by atoms with Crippen LogP contribution >= 0.6 is 0 Å². The van der Waals surface area contributed by atoms with Crippen LogP contribution in [0.1, 0.15) is 88.2 Å². The number of carbonyl (C=O) groups excluding carboxylic acids is 2. The van der Waals surface area contributed by atoms with Crippen molar-refractivity contribution in [2.45, 2.75) is 78.7 Å². The molecule has 5 heteroatoms. The largest absolute Gasteiger partial charge is 0.338 e. The summed E-state index contributed by atoms with van der Waals surface area (Å²) in [5.74, 6) is 0.206. The molecule has 2 aromatic carbocycles. The third kappa shape index (κ3) is 7.66. The average Bonchev–Trinajstić information content (AvgIpc) is 2.83. The van der Waals surface area contributed by atoms with E-state index in [1.807, 2.05) is 53.4 Å². The molecule has 0 saturated heterocycles. The van der Waals surface area contributed by atoms with E-state index in [-0.39, 0.29) is 28.6 Å². The number of anilines is 1. The summed E-state index contributed by atoms with van der Waals surface area (Å²) in [4.78, 5) is 28.3. The number of benzene rings is 2. The molecule has 1 aliphatic carbocycles. The van der Waals surface area contributed by atoms with Gasteiger partial charge in [-0.3, -0.25) is 9.59 Å². The topological polar surface area (TPSA) is 75.4 Å². The molecule has 0 bridgehead atoms. The van der Waals surface area contributed by atoms with Crippen LogP contribution in [0.2, 0.25) is 0 Å². The Balaban J connectivity index is 1.73. The van der Waals surface area contributed by atoms with E-state index >= 15 is 0 Å². The lowest BCUT2D eigenvalue weighted by molar-refractivity contribution is -0.138. The van der Waals surface area contributed by atoms with Gasteiger partial charge in [-0.15, -0.1) is 0 Å². The molecule has 0 unspecified atom stereocenters. The summed E-state index contributed by atoms with van der Waals surface area (Å²) in [6.45, 7) is 12.3. The number of nitrogens with zero attached hydrogens (tertiary/aromatic N) is 1. The van der Waals surface area contributed by atoms with E-state index in [0.29, 0.717) is 25.2 Å². The first-order valence-electron chi connectivity index (χ1n) is 13.0. The molecule has 2 aromatic rings. The van der Waals surface area contributed by atoms with Crippen LogP contribution in [0, 0.1) is 11.3 Å². The molecule has 0 atom stereocenters. The Hall–Kier alpha value is -2.66. The number of amides is 2. The van der Waals surface area contributed by atoms with Crippen LogP contribution < -0.4 is 11.1 Å². The lowest BCUT2D eigenvalue weighted by atomic mass is 9.86. The van der Waals surface area contributed by atoms with Crippen molar-refractivity contribution in [3.8, 4) is 0 Å². The first kappa shape index (κ1) is 26.9. The molecule has 3 rings (SSSR count). The van der Waals surface area contributed by atoms with Crippen LogP contribution in [0.25, 0.3) is 0 Å². The van der Waals surface area contributed by atoms with Gasteiger partial charge in [-0.05, 0) is 65.6 Å². The molecule has 1 aliphatic rings. The second-order valence-electron chi connectivity index (χ2n) is 11.9. The smallest absolute Gasteiger partial charge is 0.255 e. The van der Waals surface area contributed by atoms with Crippen molar-refractivity contribution < 1.29 is 9.59 Å². The van der Waals surface area contributed by atoms with Crippen LogP contribution in [0.5, 0.6) is 0 Å².